The molecule has 0 radical (unpaired) electrons. The molecule has 2 atom stereocenters. The second-order valence-corrected chi connectivity index (χ2v) is 9.81. The first-order valence-electron chi connectivity index (χ1n) is 9.08. The summed E-state index contributed by atoms with van der Waals surface area (Å²) in [5, 5.41) is 4.89. The Morgan fingerprint density at radius 1 is 1.05 bits per heavy atom. The Balaban J connectivity index is 1.36. The van der Waals surface area contributed by atoms with Gasteiger partial charge in [-0.3, -0.25) is 0 Å². The van der Waals surface area contributed by atoms with E-state index in [1.165, 1.54) is 31.6 Å². The first-order valence-corrected chi connectivity index (χ1v) is 10.1. The van der Waals surface area contributed by atoms with Crippen LogP contribution in [0.4, 0.5) is 0 Å². The van der Waals surface area contributed by atoms with Gasteiger partial charge >= 0.3 is 0 Å². The normalized spacial score (nSPS) is 48.5. The molecule has 2 unspecified atom stereocenters. The summed E-state index contributed by atoms with van der Waals surface area (Å²) in [5.41, 5.74) is 0.689. The zero-order chi connectivity index (χ0) is 13.6. The van der Waals surface area contributed by atoms with Gasteiger partial charge in [0.1, 0.15) is 0 Å². The molecule has 1 N–H and O–H groups in total. The molecule has 0 aromatic heterocycles. The van der Waals surface area contributed by atoms with Gasteiger partial charge in [0.05, 0.1) is 0 Å². The Kier molecular flexibility index (Phi) is 3.83. The fourth-order valence-corrected chi connectivity index (χ4v) is 7.45. The van der Waals surface area contributed by atoms with Gasteiger partial charge in [0, 0.05) is 17.8 Å². The molecule has 4 bridgehead atoms. The van der Waals surface area contributed by atoms with E-state index in [9.17, 15) is 0 Å². The van der Waals surface area contributed by atoms with E-state index in [1.807, 2.05) is 0 Å². The molecule has 0 aromatic rings. The van der Waals surface area contributed by atoms with E-state index in [2.05, 4.69) is 24.0 Å². The molecule has 114 valence electrons. The molecule has 20 heavy (non-hydrogen) atoms. The van der Waals surface area contributed by atoms with Crippen molar-refractivity contribution in [3.8, 4) is 0 Å². The molecule has 0 aromatic carbocycles. The van der Waals surface area contributed by atoms with Crippen LogP contribution in [-0.2, 0) is 0 Å². The van der Waals surface area contributed by atoms with Crippen molar-refractivity contribution in [2.24, 2.45) is 23.2 Å². The minimum Gasteiger partial charge on any atom is -0.313 e. The van der Waals surface area contributed by atoms with Crippen molar-refractivity contribution < 1.29 is 0 Å². The Morgan fingerprint density at radius 3 is 2.25 bits per heavy atom. The second-order valence-electron chi connectivity index (χ2n) is 8.40. The quantitative estimate of drug-likeness (QED) is 0.821. The van der Waals surface area contributed by atoms with Crippen molar-refractivity contribution in [2.75, 3.05) is 12.3 Å². The molecule has 4 aliphatic carbocycles. The molecule has 5 fully saturated rings. The fraction of sp³-hybridized carbons (Fsp3) is 1.00. The van der Waals surface area contributed by atoms with Crippen LogP contribution in [0.5, 0.6) is 0 Å². The first-order chi connectivity index (χ1) is 9.73. The third kappa shape index (κ3) is 2.56. The monoisotopic (exact) mass is 293 g/mol. The lowest BCUT2D eigenvalue weighted by molar-refractivity contribution is -0.0702. The smallest absolute Gasteiger partial charge is 0.0172 e. The van der Waals surface area contributed by atoms with Crippen LogP contribution in [0.2, 0.25) is 0 Å². The van der Waals surface area contributed by atoms with Crippen molar-refractivity contribution in [3.05, 3.63) is 0 Å². The number of thioether (sulfide) groups is 1. The highest BCUT2D eigenvalue weighted by Gasteiger charge is 2.52. The van der Waals surface area contributed by atoms with E-state index in [4.69, 9.17) is 0 Å². The van der Waals surface area contributed by atoms with Crippen LogP contribution in [0.25, 0.3) is 0 Å². The fourth-order valence-electron chi connectivity index (χ4n) is 6.20. The number of rotatable bonds is 4. The van der Waals surface area contributed by atoms with Gasteiger partial charge in [-0.25, -0.2) is 0 Å². The Hall–Kier alpha value is 0.310. The van der Waals surface area contributed by atoms with Crippen molar-refractivity contribution in [1.82, 2.24) is 5.32 Å². The van der Waals surface area contributed by atoms with Crippen molar-refractivity contribution in [1.29, 1.82) is 0 Å². The maximum absolute atomic E-state index is 3.99. The minimum absolute atomic E-state index is 0.689. The zero-order valence-corrected chi connectivity index (χ0v) is 13.9. The molecule has 1 aliphatic heterocycles. The van der Waals surface area contributed by atoms with Crippen molar-refractivity contribution >= 4 is 11.8 Å². The van der Waals surface area contributed by atoms with Crippen LogP contribution >= 0.6 is 11.8 Å². The highest BCUT2D eigenvalue weighted by atomic mass is 32.2. The first kappa shape index (κ1) is 13.9. The van der Waals surface area contributed by atoms with Crippen LogP contribution in [-0.4, -0.2) is 23.6 Å². The number of hydrogen-bond donors (Lipinski definition) is 1. The van der Waals surface area contributed by atoms with Gasteiger partial charge in [0.2, 0.25) is 0 Å². The molecule has 1 nitrogen and oxygen atoms in total. The van der Waals surface area contributed by atoms with E-state index in [-0.39, 0.29) is 0 Å². The lowest BCUT2D eigenvalue weighted by Crippen LogP contribution is -2.55. The Labute approximate surface area is 129 Å². The molecule has 4 saturated carbocycles. The predicted molar refractivity (Wildman–Crippen MR) is 88.2 cm³/mol. The van der Waals surface area contributed by atoms with Gasteiger partial charge in [-0.2, -0.15) is 11.8 Å². The highest BCUT2D eigenvalue weighted by Crippen LogP contribution is 2.61. The van der Waals surface area contributed by atoms with Crippen LogP contribution in [0, 0.1) is 23.2 Å². The standard InChI is InChI=1S/C18H31NS/c1-13(19-12-17-4-2-3-5-20-17)18-9-14-6-15(10-18)8-16(7-14)11-18/h13-17,19H,2-12H2,1H3. The maximum Gasteiger partial charge on any atom is 0.0172 e. The number of hydrogen-bond acceptors (Lipinski definition) is 2. The molecule has 5 rings (SSSR count). The van der Waals surface area contributed by atoms with E-state index in [1.54, 1.807) is 38.5 Å². The molecule has 1 saturated heterocycles. The van der Waals surface area contributed by atoms with E-state index >= 15 is 0 Å². The molecule has 5 aliphatic rings. The molecule has 1 heterocycles. The summed E-state index contributed by atoms with van der Waals surface area (Å²) < 4.78 is 0. The van der Waals surface area contributed by atoms with Crippen molar-refractivity contribution in [3.63, 3.8) is 0 Å². The molecule has 0 spiro atoms. The average molecular weight is 294 g/mol. The summed E-state index contributed by atoms with van der Waals surface area (Å²) in [5.74, 6) is 4.68. The van der Waals surface area contributed by atoms with Gasteiger partial charge < -0.3 is 5.32 Å². The average Bonchev–Trinajstić information content (AvgIpc) is 2.44. The summed E-state index contributed by atoms with van der Waals surface area (Å²) in [6.07, 6.45) is 13.7. The second kappa shape index (κ2) is 5.50. The topological polar surface area (TPSA) is 12.0 Å². The van der Waals surface area contributed by atoms with Gasteiger partial charge in [-0.15, -0.1) is 0 Å². The summed E-state index contributed by atoms with van der Waals surface area (Å²) in [4.78, 5) is 0. The molecule has 2 heteroatoms. The predicted octanol–water partition coefficient (Wildman–Crippen LogP) is 4.47. The third-order valence-corrected chi connectivity index (χ3v) is 8.33. The van der Waals surface area contributed by atoms with Gasteiger partial charge in [-0.1, -0.05) is 6.42 Å². The molecular weight excluding hydrogens is 262 g/mol. The SMILES string of the molecule is CC(NCC1CCCCS1)C12CC3CC(CC(C3)C1)C2. The number of nitrogens with one attached hydrogen (secondary N) is 1. The van der Waals surface area contributed by atoms with Crippen molar-refractivity contribution in [2.45, 2.75) is 76.0 Å². The largest absolute Gasteiger partial charge is 0.313 e. The summed E-state index contributed by atoms with van der Waals surface area (Å²) in [6, 6.07) is 0.762. The van der Waals surface area contributed by atoms with Gasteiger partial charge in [0.15, 0.2) is 0 Å². The Bertz CT molecular complexity index is 312. The van der Waals surface area contributed by atoms with E-state index in [0.29, 0.717) is 5.41 Å². The zero-order valence-electron chi connectivity index (χ0n) is 13.1. The highest BCUT2D eigenvalue weighted by molar-refractivity contribution is 7.99. The maximum atomic E-state index is 3.99. The minimum atomic E-state index is 0.689. The van der Waals surface area contributed by atoms with E-state index < -0.39 is 0 Å². The third-order valence-electron chi connectivity index (χ3n) is 6.93. The summed E-state index contributed by atoms with van der Waals surface area (Å²) >= 11 is 2.22. The van der Waals surface area contributed by atoms with E-state index in [0.717, 1.165) is 29.0 Å². The van der Waals surface area contributed by atoms with Gasteiger partial charge in [0.25, 0.3) is 0 Å². The Morgan fingerprint density at radius 2 is 1.70 bits per heavy atom. The lowest BCUT2D eigenvalue weighted by Gasteiger charge is -2.59. The summed E-state index contributed by atoms with van der Waals surface area (Å²) in [6.45, 7) is 3.79. The van der Waals surface area contributed by atoms with Crippen LogP contribution in [0.3, 0.4) is 0 Å². The molecule has 0 amide bonds. The lowest BCUT2D eigenvalue weighted by atomic mass is 9.48. The van der Waals surface area contributed by atoms with Crippen LogP contribution in [0.1, 0.15) is 64.7 Å². The summed E-state index contributed by atoms with van der Waals surface area (Å²) in [7, 11) is 0. The molecular formula is C18H31NS. The van der Waals surface area contributed by atoms with Crippen LogP contribution < -0.4 is 5.32 Å². The van der Waals surface area contributed by atoms with Crippen LogP contribution in [0.15, 0.2) is 0 Å². The van der Waals surface area contributed by atoms with Gasteiger partial charge in [-0.05, 0) is 87.2 Å².